The van der Waals surface area contributed by atoms with Gasteiger partial charge in [-0.05, 0) is 18.1 Å². The first kappa shape index (κ1) is 14.2. The van der Waals surface area contributed by atoms with Crippen LogP contribution in [-0.2, 0) is 0 Å². The van der Waals surface area contributed by atoms with Crippen molar-refractivity contribution >= 4 is 16.6 Å². The van der Waals surface area contributed by atoms with Gasteiger partial charge in [-0.15, -0.1) is 0 Å². The summed E-state index contributed by atoms with van der Waals surface area (Å²) in [5.74, 6) is 0.798. The number of fused-ring (bicyclic) bond motifs is 3. The van der Waals surface area contributed by atoms with Crippen LogP contribution in [-0.4, -0.2) is 17.1 Å². The molecule has 0 amide bonds. The molecule has 2 heterocycles. The van der Waals surface area contributed by atoms with Crippen LogP contribution in [0, 0.1) is 5.82 Å². The fourth-order valence-corrected chi connectivity index (χ4v) is 3.48. The number of nitrogens with zero attached hydrogens (tertiary/aromatic N) is 2. The van der Waals surface area contributed by atoms with E-state index in [9.17, 15) is 0 Å². The monoisotopic (exact) mass is 331 g/mol. The normalized spacial score (nSPS) is 15.0. The lowest BCUT2D eigenvalue weighted by Gasteiger charge is -2.07. The summed E-state index contributed by atoms with van der Waals surface area (Å²) in [7, 11) is 1.59. The van der Waals surface area contributed by atoms with Gasteiger partial charge in [0.05, 0.1) is 18.0 Å². The molecule has 2 aliphatic rings. The van der Waals surface area contributed by atoms with E-state index < -0.39 is 5.82 Å². The smallest absolute Gasteiger partial charge is 0.177 e. The van der Waals surface area contributed by atoms with Crippen LogP contribution in [0.1, 0.15) is 6.42 Å². The van der Waals surface area contributed by atoms with E-state index in [0.717, 1.165) is 22.1 Å². The lowest BCUT2D eigenvalue weighted by molar-refractivity contribution is 0.414. The number of aromatic nitrogens is 2. The molecule has 1 aliphatic carbocycles. The van der Waals surface area contributed by atoms with Crippen molar-refractivity contribution < 1.29 is 9.13 Å². The lowest BCUT2D eigenvalue weighted by atomic mass is 10.0. The Morgan fingerprint density at radius 2 is 2.04 bits per heavy atom. The number of ether oxygens (including phenoxy) is 1. The van der Waals surface area contributed by atoms with Crippen LogP contribution < -0.4 is 15.3 Å². The van der Waals surface area contributed by atoms with E-state index in [4.69, 9.17) is 4.74 Å². The Morgan fingerprint density at radius 1 is 1.20 bits per heavy atom. The Kier molecular flexibility index (Phi) is 2.91. The molecule has 0 spiro atoms. The summed E-state index contributed by atoms with van der Waals surface area (Å²) in [5, 5.41) is 1.05. The van der Waals surface area contributed by atoms with E-state index in [0.29, 0.717) is 28.9 Å². The second-order valence-electron chi connectivity index (χ2n) is 6.02. The Balaban J connectivity index is 1.90. The van der Waals surface area contributed by atoms with Crippen molar-refractivity contribution in [2.75, 3.05) is 7.11 Å². The molecule has 0 unspecified atom stereocenters. The molecule has 4 nitrogen and oxygen atoms in total. The average Bonchev–Trinajstić information content (AvgIpc) is 3.26. The highest BCUT2D eigenvalue weighted by Crippen LogP contribution is 2.30. The molecule has 0 saturated heterocycles. The topological polar surface area (TPSA) is 50.3 Å². The number of H-pyrrole nitrogens is 1. The fraction of sp³-hybridized carbons (Fsp3) is 0.100. The summed E-state index contributed by atoms with van der Waals surface area (Å²) in [6, 6.07) is 9.64. The van der Waals surface area contributed by atoms with Gasteiger partial charge in [0.25, 0.3) is 0 Å². The SMILES string of the molecule is COc1c2c(c(F)c3nc(-c4ccccc4)[nH]c13)=NC1=CC=CCC=21. The van der Waals surface area contributed by atoms with Crippen LogP contribution >= 0.6 is 0 Å². The summed E-state index contributed by atoms with van der Waals surface area (Å²) < 4.78 is 20.8. The van der Waals surface area contributed by atoms with Crippen LogP contribution in [0.5, 0.6) is 5.75 Å². The number of imidazole rings is 1. The predicted octanol–water partition coefficient (Wildman–Crippen LogP) is 3.01. The molecule has 25 heavy (non-hydrogen) atoms. The summed E-state index contributed by atoms with van der Waals surface area (Å²) in [6.45, 7) is 0. The van der Waals surface area contributed by atoms with Crippen molar-refractivity contribution in [1.82, 2.24) is 9.97 Å². The molecule has 0 fully saturated rings. The van der Waals surface area contributed by atoms with E-state index in [2.05, 4.69) is 15.0 Å². The van der Waals surface area contributed by atoms with Gasteiger partial charge in [0, 0.05) is 5.56 Å². The highest BCUT2D eigenvalue weighted by molar-refractivity contribution is 5.88. The van der Waals surface area contributed by atoms with Crippen molar-refractivity contribution in [3.05, 3.63) is 70.7 Å². The van der Waals surface area contributed by atoms with Gasteiger partial charge in [0.1, 0.15) is 22.2 Å². The Labute approximate surface area is 142 Å². The van der Waals surface area contributed by atoms with Gasteiger partial charge in [0.2, 0.25) is 0 Å². The quantitative estimate of drug-likeness (QED) is 0.785. The van der Waals surface area contributed by atoms with Crippen molar-refractivity contribution in [3.63, 3.8) is 0 Å². The third kappa shape index (κ3) is 1.92. The number of aromatic amines is 1. The Bertz CT molecular complexity index is 1200. The van der Waals surface area contributed by atoms with Crippen molar-refractivity contribution in [2.45, 2.75) is 6.42 Å². The number of methoxy groups -OCH3 is 1. The lowest BCUT2D eigenvalue weighted by Crippen LogP contribution is -2.29. The molecule has 0 atom stereocenters. The number of nitrogens with one attached hydrogen (secondary N) is 1. The van der Waals surface area contributed by atoms with Crippen LogP contribution in [0.15, 0.2) is 59.2 Å². The van der Waals surface area contributed by atoms with Crippen LogP contribution in [0.4, 0.5) is 4.39 Å². The number of rotatable bonds is 2. The van der Waals surface area contributed by atoms with Gasteiger partial charge in [-0.25, -0.2) is 14.4 Å². The van der Waals surface area contributed by atoms with Gasteiger partial charge in [-0.1, -0.05) is 42.5 Å². The highest BCUT2D eigenvalue weighted by atomic mass is 19.1. The minimum atomic E-state index is -0.410. The van der Waals surface area contributed by atoms with Crippen LogP contribution in [0.3, 0.4) is 0 Å². The second-order valence-corrected chi connectivity index (χ2v) is 6.02. The van der Waals surface area contributed by atoms with E-state index in [-0.39, 0.29) is 5.52 Å². The Morgan fingerprint density at radius 3 is 2.84 bits per heavy atom. The van der Waals surface area contributed by atoms with Gasteiger partial charge >= 0.3 is 0 Å². The summed E-state index contributed by atoms with van der Waals surface area (Å²) in [6.07, 6.45) is 6.59. The number of hydrogen-bond acceptors (Lipinski definition) is 3. The maximum absolute atomic E-state index is 15.2. The first-order valence-corrected chi connectivity index (χ1v) is 8.07. The minimum absolute atomic E-state index is 0.256. The zero-order chi connectivity index (χ0) is 17.0. The number of halogens is 1. The molecule has 2 aromatic carbocycles. The molecule has 0 saturated carbocycles. The zero-order valence-electron chi connectivity index (χ0n) is 13.5. The number of benzene rings is 2. The molecule has 0 bridgehead atoms. The summed E-state index contributed by atoms with van der Waals surface area (Å²) >= 11 is 0. The van der Waals surface area contributed by atoms with Gasteiger partial charge in [0.15, 0.2) is 11.6 Å². The third-order valence-electron chi connectivity index (χ3n) is 4.62. The molecule has 5 rings (SSSR count). The average molecular weight is 331 g/mol. The highest BCUT2D eigenvalue weighted by Gasteiger charge is 2.25. The van der Waals surface area contributed by atoms with Crippen LogP contribution in [0.2, 0.25) is 0 Å². The maximum Gasteiger partial charge on any atom is 0.177 e. The third-order valence-corrected chi connectivity index (χ3v) is 4.62. The number of hydrogen-bond donors (Lipinski definition) is 1. The minimum Gasteiger partial charge on any atom is -0.494 e. The summed E-state index contributed by atoms with van der Waals surface area (Å²) in [5.41, 5.74) is 3.50. The molecule has 0 radical (unpaired) electrons. The molecular formula is C20H14FN3O. The molecule has 1 N–H and O–H groups in total. The summed E-state index contributed by atoms with van der Waals surface area (Å²) in [4.78, 5) is 12.2. The zero-order valence-corrected chi connectivity index (χ0v) is 13.5. The van der Waals surface area contributed by atoms with Crippen molar-refractivity contribution in [1.29, 1.82) is 0 Å². The first-order valence-electron chi connectivity index (χ1n) is 8.07. The fourth-order valence-electron chi connectivity index (χ4n) is 3.48. The molecule has 3 aromatic rings. The maximum atomic E-state index is 15.2. The van der Waals surface area contributed by atoms with Gasteiger partial charge in [-0.2, -0.15) is 0 Å². The largest absolute Gasteiger partial charge is 0.494 e. The van der Waals surface area contributed by atoms with Gasteiger partial charge < -0.3 is 9.72 Å². The molecule has 5 heteroatoms. The Hall–Kier alpha value is -3.21. The van der Waals surface area contributed by atoms with Crippen molar-refractivity contribution in [3.8, 4) is 17.1 Å². The predicted molar refractivity (Wildman–Crippen MR) is 94.1 cm³/mol. The van der Waals surface area contributed by atoms with E-state index >= 15 is 4.39 Å². The van der Waals surface area contributed by atoms with Gasteiger partial charge in [-0.3, -0.25) is 0 Å². The molecule has 1 aromatic heterocycles. The van der Waals surface area contributed by atoms with E-state index in [1.165, 1.54) is 0 Å². The van der Waals surface area contributed by atoms with Crippen LogP contribution in [0.25, 0.3) is 28.0 Å². The number of allylic oxidation sites excluding steroid dienone is 4. The van der Waals surface area contributed by atoms with E-state index in [1.54, 1.807) is 7.11 Å². The van der Waals surface area contributed by atoms with Crippen molar-refractivity contribution in [2.24, 2.45) is 4.99 Å². The second kappa shape index (κ2) is 5.14. The standard InChI is InChI=1S/C20H14FN3O/c1-25-19-14-12-9-5-6-10-13(12)22-16(14)15(21)17-18(19)24-20(23-17)11-7-3-2-4-8-11/h2-8,10H,9H2,1H3,(H,23,24). The van der Waals surface area contributed by atoms with E-state index in [1.807, 2.05) is 48.6 Å². The molecule has 122 valence electrons. The molecule has 1 aliphatic heterocycles. The molecular weight excluding hydrogens is 317 g/mol. The first-order chi connectivity index (χ1) is 12.3.